The molecule has 1 atom stereocenters. The topological polar surface area (TPSA) is 64.6 Å². The minimum atomic E-state index is -0.913. The van der Waals surface area contributed by atoms with E-state index in [-0.39, 0.29) is 12.5 Å². The Labute approximate surface area is 154 Å². The molecule has 0 saturated heterocycles. The van der Waals surface area contributed by atoms with Gasteiger partial charge in [0, 0.05) is 5.69 Å². The molecule has 5 nitrogen and oxygen atoms in total. The van der Waals surface area contributed by atoms with Crippen LogP contribution in [0.15, 0.2) is 36.4 Å². The van der Waals surface area contributed by atoms with Crippen molar-refractivity contribution in [2.24, 2.45) is 0 Å². The monoisotopic (exact) mass is 355 g/mol. The number of hydrogen-bond donors (Lipinski definition) is 1. The molecule has 26 heavy (non-hydrogen) atoms. The third-order valence-corrected chi connectivity index (χ3v) is 4.07. The highest BCUT2D eigenvalue weighted by Crippen LogP contribution is 2.22. The highest BCUT2D eigenvalue weighted by molar-refractivity contribution is 5.95. The molecule has 0 aromatic heterocycles. The van der Waals surface area contributed by atoms with Gasteiger partial charge in [0.25, 0.3) is 5.91 Å². The van der Waals surface area contributed by atoms with Crippen molar-refractivity contribution < 1.29 is 19.1 Å². The lowest BCUT2D eigenvalue weighted by Gasteiger charge is -2.16. The molecule has 0 heterocycles. The van der Waals surface area contributed by atoms with Gasteiger partial charge >= 0.3 is 5.97 Å². The van der Waals surface area contributed by atoms with Crippen LogP contribution in [0.1, 0.15) is 29.2 Å². The van der Waals surface area contributed by atoms with Gasteiger partial charge < -0.3 is 14.8 Å². The van der Waals surface area contributed by atoms with E-state index in [4.69, 9.17) is 9.47 Å². The number of aryl methyl sites for hydroxylation is 4. The Morgan fingerprint density at radius 2 is 1.65 bits per heavy atom. The van der Waals surface area contributed by atoms with Crippen LogP contribution in [0.25, 0.3) is 0 Å². The van der Waals surface area contributed by atoms with Crippen LogP contribution in [0.4, 0.5) is 5.69 Å². The Balaban J connectivity index is 1.90. The van der Waals surface area contributed by atoms with E-state index in [1.165, 1.54) is 6.92 Å². The average molecular weight is 355 g/mol. The van der Waals surface area contributed by atoms with Crippen molar-refractivity contribution in [3.05, 3.63) is 58.7 Å². The van der Waals surface area contributed by atoms with E-state index in [1.807, 2.05) is 64.1 Å². The second kappa shape index (κ2) is 8.52. The van der Waals surface area contributed by atoms with Crippen LogP contribution in [0.5, 0.6) is 5.75 Å². The molecule has 2 rings (SSSR count). The maximum atomic E-state index is 12.3. The largest absolute Gasteiger partial charge is 0.481 e. The van der Waals surface area contributed by atoms with E-state index in [1.54, 1.807) is 0 Å². The maximum absolute atomic E-state index is 12.3. The van der Waals surface area contributed by atoms with Crippen molar-refractivity contribution in [3.8, 4) is 5.75 Å². The first-order chi connectivity index (χ1) is 12.3. The molecule has 1 amide bonds. The number of rotatable bonds is 6. The van der Waals surface area contributed by atoms with Crippen LogP contribution in [0.3, 0.4) is 0 Å². The van der Waals surface area contributed by atoms with Crippen molar-refractivity contribution in [1.29, 1.82) is 0 Å². The number of amides is 1. The number of ether oxygens (including phenoxy) is 2. The van der Waals surface area contributed by atoms with Gasteiger partial charge in [0.05, 0.1) is 0 Å². The van der Waals surface area contributed by atoms with Crippen LogP contribution in [0.2, 0.25) is 0 Å². The number of esters is 1. The lowest BCUT2D eigenvalue weighted by molar-refractivity contribution is -0.155. The van der Waals surface area contributed by atoms with Crippen molar-refractivity contribution in [1.82, 2.24) is 0 Å². The molecule has 0 radical (unpaired) electrons. The average Bonchev–Trinajstić information content (AvgIpc) is 2.57. The van der Waals surface area contributed by atoms with Crippen LogP contribution in [-0.4, -0.2) is 24.6 Å². The number of carbonyl (C=O) groups is 2. The van der Waals surface area contributed by atoms with E-state index >= 15 is 0 Å². The summed E-state index contributed by atoms with van der Waals surface area (Å²) < 4.78 is 10.7. The second-order valence-electron chi connectivity index (χ2n) is 6.45. The highest BCUT2D eigenvalue weighted by atomic mass is 16.6. The number of carbonyl (C=O) groups excluding carboxylic acids is 2. The predicted octanol–water partition coefficient (Wildman–Crippen LogP) is 3.87. The first kappa shape index (κ1) is 19.5. The van der Waals surface area contributed by atoms with Gasteiger partial charge in [0.15, 0.2) is 12.7 Å². The van der Waals surface area contributed by atoms with E-state index in [0.717, 1.165) is 22.3 Å². The molecule has 0 saturated carbocycles. The summed E-state index contributed by atoms with van der Waals surface area (Å²) in [5.74, 6) is -0.299. The summed E-state index contributed by atoms with van der Waals surface area (Å²) in [4.78, 5) is 24.3. The summed E-state index contributed by atoms with van der Waals surface area (Å²) in [7, 11) is 0. The van der Waals surface area contributed by atoms with Gasteiger partial charge in [0.1, 0.15) is 5.75 Å². The Hall–Kier alpha value is -2.82. The standard InChI is InChI=1S/C21H25NO4/c1-13-9-10-14(2)18(11-13)22-21(24)17(5)26-19(23)12-25-20-15(3)7-6-8-16(20)4/h6-11,17H,12H2,1-5H3,(H,22,24)/t17-/m1/s1. The van der Waals surface area contributed by atoms with Crippen molar-refractivity contribution in [2.45, 2.75) is 40.7 Å². The van der Waals surface area contributed by atoms with E-state index in [9.17, 15) is 9.59 Å². The van der Waals surface area contributed by atoms with Gasteiger partial charge in [-0.25, -0.2) is 4.79 Å². The molecule has 0 bridgehead atoms. The van der Waals surface area contributed by atoms with Crippen LogP contribution in [0, 0.1) is 27.7 Å². The Kier molecular flexibility index (Phi) is 6.39. The lowest BCUT2D eigenvalue weighted by Crippen LogP contribution is -2.32. The summed E-state index contributed by atoms with van der Waals surface area (Å²) in [5.41, 5.74) is 4.58. The van der Waals surface area contributed by atoms with Crippen LogP contribution < -0.4 is 10.1 Å². The maximum Gasteiger partial charge on any atom is 0.344 e. The van der Waals surface area contributed by atoms with Gasteiger partial charge in [-0.15, -0.1) is 0 Å². The van der Waals surface area contributed by atoms with Gasteiger partial charge in [-0.05, 0) is 62.9 Å². The highest BCUT2D eigenvalue weighted by Gasteiger charge is 2.19. The molecular weight excluding hydrogens is 330 g/mol. The fraction of sp³-hybridized carbons (Fsp3) is 0.333. The van der Waals surface area contributed by atoms with E-state index in [0.29, 0.717) is 11.4 Å². The normalized spacial score (nSPS) is 11.6. The van der Waals surface area contributed by atoms with Crippen LogP contribution >= 0.6 is 0 Å². The Bertz CT molecular complexity index is 793. The molecule has 1 N–H and O–H groups in total. The molecule has 0 unspecified atom stereocenters. The summed E-state index contributed by atoms with van der Waals surface area (Å²) >= 11 is 0. The first-order valence-corrected chi connectivity index (χ1v) is 8.54. The van der Waals surface area contributed by atoms with Gasteiger partial charge in [-0.3, -0.25) is 4.79 Å². The van der Waals surface area contributed by atoms with Crippen molar-refractivity contribution in [3.63, 3.8) is 0 Å². The smallest absolute Gasteiger partial charge is 0.344 e. The van der Waals surface area contributed by atoms with Gasteiger partial charge in [-0.1, -0.05) is 30.3 Å². The zero-order valence-corrected chi connectivity index (χ0v) is 15.9. The van der Waals surface area contributed by atoms with Crippen molar-refractivity contribution in [2.75, 3.05) is 11.9 Å². The number of hydrogen-bond acceptors (Lipinski definition) is 4. The molecular formula is C21H25NO4. The van der Waals surface area contributed by atoms with E-state index in [2.05, 4.69) is 5.32 Å². The molecule has 2 aromatic rings. The fourth-order valence-electron chi connectivity index (χ4n) is 2.55. The molecule has 2 aromatic carbocycles. The molecule has 138 valence electrons. The van der Waals surface area contributed by atoms with E-state index < -0.39 is 12.1 Å². The molecule has 5 heteroatoms. The first-order valence-electron chi connectivity index (χ1n) is 8.54. The third-order valence-electron chi connectivity index (χ3n) is 4.07. The van der Waals surface area contributed by atoms with Gasteiger partial charge in [-0.2, -0.15) is 0 Å². The molecule has 0 aliphatic rings. The summed E-state index contributed by atoms with van der Waals surface area (Å²) in [6.07, 6.45) is -0.913. The Morgan fingerprint density at radius 3 is 2.31 bits per heavy atom. The molecule has 0 aliphatic heterocycles. The minimum Gasteiger partial charge on any atom is -0.481 e. The quantitative estimate of drug-likeness (QED) is 0.799. The van der Waals surface area contributed by atoms with Crippen molar-refractivity contribution >= 4 is 17.6 Å². The number of anilines is 1. The minimum absolute atomic E-state index is 0.243. The molecule has 0 fully saturated rings. The third kappa shape index (κ3) is 5.09. The molecule has 0 aliphatic carbocycles. The zero-order chi connectivity index (χ0) is 19.3. The van der Waals surface area contributed by atoms with Crippen LogP contribution in [-0.2, 0) is 14.3 Å². The SMILES string of the molecule is Cc1ccc(C)c(NC(=O)[C@@H](C)OC(=O)COc2c(C)cccc2C)c1. The Morgan fingerprint density at radius 1 is 1.00 bits per heavy atom. The number of para-hydroxylation sites is 1. The zero-order valence-electron chi connectivity index (χ0n) is 15.9. The summed E-state index contributed by atoms with van der Waals surface area (Å²) in [5, 5.41) is 2.79. The molecule has 0 spiro atoms. The summed E-state index contributed by atoms with van der Waals surface area (Å²) in [6.45, 7) is 8.97. The number of nitrogens with one attached hydrogen (secondary N) is 1. The fourth-order valence-corrected chi connectivity index (χ4v) is 2.55. The number of benzene rings is 2. The predicted molar refractivity (Wildman–Crippen MR) is 102 cm³/mol. The second-order valence-corrected chi connectivity index (χ2v) is 6.45. The lowest BCUT2D eigenvalue weighted by atomic mass is 10.1. The van der Waals surface area contributed by atoms with Gasteiger partial charge in [0.2, 0.25) is 0 Å². The summed E-state index contributed by atoms with van der Waals surface area (Å²) in [6, 6.07) is 11.5.